The van der Waals surface area contributed by atoms with Crippen LogP contribution in [0.1, 0.15) is 16.7 Å². The van der Waals surface area contributed by atoms with Gasteiger partial charge in [0.1, 0.15) is 5.82 Å². The molecule has 4 nitrogen and oxygen atoms in total. The smallest absolute Gasteiger partial charge is 0.216 e. The third kappa shape index (κ3) is 2.64. The molecule has 0 saturated carbocycles. The molecule has 2 N–H and O–H groups in total. The van der Waals surface area contributed by atoms with Gasteiger partial charge in [-0.3, -0.25) is 4.99 Å². The molecule has 1 aliphatic heterocycles. The molecule has 0 spiro atoms. The largest absolute Gasteiger partial charge is 0.481 e. The van der Waals surface area contributed by atoms with Gasteiger partial charge in [-0.1, -0.05) is 30.0 Å². The number of halogens is 2. The van der Waals surface area contributed by atoms with Crippen LogP contribution in [0, 0.1) is 11.7 Å². The second kappa shape index (κ2) is 6.29. The van der Waals surface area contributed by atoms with Gasteiger partial charge in [0.15, 0.2) is 5.17 Å². The van der Waals surface area contributed by atoms with Gasteiger partial charge >= 0.3 is 0 Å². The number of benzene rings is 1. The van der Waals surface area contributed by atoms with Crippen molar-refractivity contribution < 1.29 is 9.13 Å². The van der Waals surface area contributed by atoms with Crippen molar-refractivity contribution >= 4 is 32.9 Å². The van der Waals surface area contributed by atoms with Gasteiger partial charge in [-0.2, -0.15) is 0 Å². The van der Waals surface area contributed by atoms with E-state index in [9.17, 15) is 4.39 Å². The molecule has 0 unspecified atom stereocenters. The van der Waals surface area contributed by atoms with Crippen molar-refractivity contribution in [3.8, 4) is 5.88 Å². The summed E-state index contributed by atoms with van der Waals surface area (Å²) in [5, 5.41) is 0.505. The number of nitrogens with two attached hydrogens (primary N) is 1. The quantitative estimate of drug-likeness (QED) is 0.803. The lowest BCUT2D eigenvalue weighted by Crippen LogP contribution is -2.46. The number of amidine groups is 1. The van der Waals surface area contributed by atoms with Gasteiger partial charge in [-0.05, 0) is 34.0 Å². The number of thioether (sulfide) groups is 1. The monoisotopic (exact) mass is 421 g/mol. The lowest BCUT2D eigenvalue weighted by atomic mass is 9.67. The lowest BCUT2D eigenvalue weighted by Gasteiger charge is -2.45. The van der Waals surface area contributed by atoms with Crippen LogP contribution >= 0.6 is 27.7 Å². The number of rotatable bonds is 2. The molecule has 2 aromatic rings. The van der Waals surface area contributed by atoms with Crippen LogP contribution in [-0.2, 0) is 18.4 Å². The highest BCUT2D eigenvalue weighted by atomic mass is 79.9. The maximum atomic E-state index is 14.7. The molecule has 2 aliphatic rings. The summed E-state index contributed by atoms with van der Waals surface area (Å²) < 4.78 is 21.2. The molecule has 1 aromatic carbocycles. The number of pyridine rings is 1. The predicted octanol–water partition coefficient (Wildman–Crippen LogP) is 3.66. The number of aromatic nitrogens is 1. The SMILES string of the molecule is COc1ncc(Br)c2c1C[C@]1(c3ccccc3F)N=C(N)SC[C@@H]1C2. The molecule has 130 valence electrons. The molecule has 25 heavy (non-hydrogen) atoms. The molecule has 2 heterocycles. The minimum absolute atomic E-state index is 0.151. The van der Waals surface area contributed by atoms with E-state index >= 15 is 0 Å². The zero-order valence-electron chi connectivity index (χ0n) is 13.6. The number of hydrogen-bond acceptors (Lipinski definition) is 5. The average Bonchev–Trinajstić information content (AvgIpc) is 2.61. The Morgan fingerprint density at radius 2 is 2.16 bits per heavy atom. The third-order valence-electron chi connectivity index (χ3n) is 5.05. The van der Waals surface area contributed by atoms with Gasteiger partial charge in [-0.15, -0.1) is 0 Å². The number of fused-ring (bicyclic) bond motifs is 2. The summed E-state index contributed by atoms with van der Waals surface area (Å²) >= 11 is 5.14. The highest BCUT2D eigenvalue weighted by Gasteiger charge is 2.49. The summed E-state index contributed by atoms with van der Waals surface area (Å²) in [5.74, 6) is 1.28. The molecular weight excluding hydrogens is 405 g/mol. The Labute approximate surface area is 158 Å². The predicted molar refractivity (Wildman–Crippen MR) is 102 cm³/mol. The average molecular weight is 422 g/mol. The maximum absolute atomic E-state index is 14.7. The Kier molecular flexibility index (Phi) is 4.24. The van der Waals surface area contributed by atoms with E-state index < -0.39 is 5.54 Å². The Bertz CT molecular complexity index is 875. The third-order valence-corrected chi connectivity index (χ3v) is 6.69. The van der Waals surface area contributed by atoms with Gasteiger partial charge in [0, 0.05) is 39.9 Å². The van der Waals surface area contributed by atoms with Crippen LogP contribution in [-0.4, -0.2) is 23.0 Å². The van der Waals surface area contributed by atoms with Gasteiger partial charge in [0.05, 0.1) is 12.6 Å². The molecule has 7 heteroatoms. The highest BCUT2D eigenvalue weighted by molar-refractivity contribution is 9.10. The van der Waals surface area contributed by atoms with Crippen molar-refractivity contribution in [3.63, 3.8) is 0 Å². The molecule has 0 amide bonds. The first-order chi connectivity index (χ1) is 12.0. The number of hydrogen-bond donors (Lipinski definition) is 1. The number of nitrogens with zero attached hydrogens (tertiary/aromatic N) is 2. The zero-order chi connectivity index (χ0) is 17.6. The second-order valence-electron chi connectivity index (χ2n) is 6.32. The minimum atomic E-state index is -0.719. The summed E-state index contributed by atoms with van der Waals surface area (Å²) in [6, 6.07) is 6.85. The van der Waals surface area contributed by atoms with Crippen molar-refractivity contribution in [2.45, 2.75) is 18.4 Å². The van der Waals surface area contributed by atoms with E-state index in [0.29, 0.717) is 23.0 Å². The Balaban J connectivity index is 1.96. The van der Waals surface area contributed by atoms with Crippen LogP contribution in [0.15, 0.2) is 39.9 Å². The molecule has 0 radical (unpaired) electrons. The van der Waals surface area contributed by atoms with Gasteiger partial charge in [0.25, 0.3) is 0 Å². The van der Waals surface area contributed by atoms with Crippen LogP contribution in [0.25, 0.3) is 0 Å². The van der Waals surface area contributed by atoms with E-state index in [1.807, 2.05) is 12.1 Å². The second-order valence-corrected chi connectivity index (χ2v) is 8.21. The highest BCUT2D eigenvalue weighted by Crippen LogP contribution is 2.50. The molecule has 2 atom stereocenters. The van der Waals surface area contributed by atoms with Crippen molar-refractivity contribution in [3.05, 3.63) is 57.4 Å². The van der Waals surface area contributed by atoms with E-state index in [0.717, 1.165) is 22.2 Å². The first kappa shape index (κ1) is 16.8. The van der Waals surface area contributed by atoms with E-state index in [1.54, 1.807) is 19.4 Å². The first-order valence-corrected chi connectivity index (χ1v) is 9.76. The fourth-order valence-electron chi connectivity index (χ4n) is 3.88. The number of methoxy groups -OCH3 is 1. The van der Waals surface area contributed by atoms with Gasteiger partial charge < -0.3 is 10.5 Å². The fourth-order valence-corrected chi connectivity index (χ4v) is 5.38. The first-order valence-electron chi connectivity index (χ1n) is 7.98. The normalized spacial score (nSPS) is 24.9. The summed E-state index contributed by atoms with van der Waals surface area (Å²) in [4.78, 5) is 9.16. The van der Waals surface area contributed by atoms with Crippen molar-refractivity contribution in [2.75, 3.05) is 12.9 Å². The van der Waals surface area contributed by atoms with Crippen molar-refractivity contribution in [2.24, 2.45) is 16.6 Å². The minimum Gasteiger partial charge on any atom is -0.481 e. The summed E-state index contributed by atoms with van der Waals surface area (Å²) in [5.41, 5.74) is 8.08. The van der Waals surface area contributed by atoms with Crippen LogP contribution in [0.4, 0.5) is 4.39 Å². The van der Waals surface area contributed by atoms with Crippen LogP contribution in [0.3, 0.4) is 0 Å². The molecule has 1 aromatic heterocycles. The van der Waals surface area contributed by atoms with Crippen LogP contribution in [0.5, 0.6) is 5.88 Å². The van der Waals surface area contributed by atoms with Crippen molar-refractivity contribution in [1.82, 2.24) is 4.98 Å². The standard InChI is InChI=1S/C18H17BrFN3OS/c1-24-16-12-7-18(13-4-2-3-5-15(13)20)10(9-25-17(21)23-18)6-11(12)14(19)8-22-16/h2-5,8,10H,6-7,9H2,1H3,(H2,21,23)/t10-,18-/m0/s1. The van der Waals surface area contributed by atoms with E-state index in [1.165, 1.54) is 23.4 Å². The van der Waals surface area contributed by atoms with Gasteiger partial charge in [0.2, 0.25) is 5.88 Å². The number of ether oxygens (including phenoxy) is 1. The topological polar surface area (TPSA) is 60.5 Å². The van der Waals surface area contributed by atoms with Crippen LogP contribution in [0.2, 0.25) is 0 Å². The van der Waals surface area contributed by atoms with E-state index in [-0.39, 0.29) is 11.7 Å². The Morgan fingerprint density at radius 1 is 1.36 bits per heavy atom. The Hall–Kier alpha value is -1.60. The van der Waals surface area contributed by atoms with Gasteiger partial charge in [-0.25, -0.2) is 9.37 Å². The molecule has 0 saturated heterocycles. The molecular formula is C18H17BrFN3OS. The van der Waals surface area contributed by atoms with E-state index in [2.05, 4.69) is 20.9 Å². The fraction of sp³-hybridized carbons (Fsp3) is 0.333. The molecule has 4 rings (SSSR count). The Morgan fingerprint density at radius 3 is 2.92 bits per heavy atom. The molecule has 0 bridgehead atoms. The van der Waals surface area contributed by atoms with Crippen molar-refractivity contribution in [1.29, 1.82) is 0 Å². The summed E-state index contributed by atoms with van der Waals surface area (Å²) in [6.45, 7) is 0. The lowest BCUT2D eigenvalue weighted by molar-refractivity contribution is 0.261. The van der Waals surface area contributed by atoms with E-state index in [4.69, 9.17) is 15.5 Å². The molecule has 0 fully saturated rings. The summed E-state index contributed by atoms with van der Waals surface area (Å²) in [6.07, 6.45) is 3.05. The molecule has 1 aliphatic carbocycles. The summed E-state index contributed by atoms with van der Waals surface area (Å²) in [7, 11) is 1.60. The van der Waals surface area contributed by atoms with Crippen LogP contribution < -0.4 is 10.5 Å². The zero-order valence-corrected chi connectivity index (χ0v) is 16.0. The maximum Gasteiger partial charge on any atom is 0.216 e. The number of aliphatic imine (C=N–C) groups is 1.